The maximum absolute atomic E-state index is 4.46. The lowest BCUT2D eigenvalue weighted by molar-refractivity contribution is 0.319. The summed E-state index contributed by atoms with van der Waals surface area (Å²) in [5.74, 6) is 0. The van der Waals surface area contributed by atoms with Crippen molar-refractivity contribution in [2.24, 2.45) is 7.05 Å². The van der Waals surface area contributed by atoms with Crippen LogP contribution in [0.5, 0.6) is 0 Å². The van der Waals surface area contributed by atoms with Gasteiger partial charge in [0, 0.05) is 43.7 Å². The SMILES string of the molecule is CN(Cc1cnn(-c2ccccc2)c1)Cc1cn[nH]c1-c1ccn(C)n1. The first kappa shape index (κ1) is 16.3. The van der Waals surface area contributed by atoms with E-state index in [1.807, 2.05) is 66.7 Å². The van der Waals surface area contributed by atoms with E-state index in [1.165, 1.54) is 5.56 Å². The lowest BCUT2D eigenvalue weighted by Gasteiger charge is -2.15. The summed E-state index contributed by atoms with van der Waals surface area (Å²) >= 11 is 0. The summed E-state index contributed by atoms with van der Waals surface area (Å²) in [5, 5.41) is 16.2. The minimum Gasteiger partial charge on any atom is -0.298 e. The molecule has 0 atom stereocenters. The molecule has 0 aliphatic carbocycles. The van der Waals surface area contributed by atoms with Crippen LogP contribution >= 0.6 is 0 Å². The molecule has 3 aromatic heterocycles. The minimum atomic E-state index is 0.777. The number of aromatic nitrogens is 6. The Morgan fingerprint density at radius 1 is 1.08 bits per heavy atom. The van der Waals surface area contributed by atoms with Crippen LogP contribution in [0.3, 0.4) is 0 Å². The Hall–Kier alpha value is -3.19. The van der Waals surface area contributed by atoms with Gasteiger partial charge in [-0.15, -0.1) is 0 Å². The predicted octanol–water partition coefficient (Wildman–Crippen LogP) is 2.63. The summed E-state index contributed by atoms with van der Waals surface area (Å²) in [6.07, 6.45) is 7.79. The quantitative estimate of drug-likeness (QED) is 0.582. The number of aryl methyl sites for hydroxylation is 1. The van der Waals surface area contributed by atoms with Gasteiger partial charge in [-0.3, -0.25) is 14.7 Å². The molecule has 7 heteroatoms. The highest BCUT2D eigenvalue weighted by molar-refractivity contribution is 5.57. The molecule has 0 aliphatic heterocycles. The zero-order valence-corrected chi connectivity index (χ0v) is 14.9. The minimum absolute atomic E-state index is 0.777. The average molecular weight is 347 g/mol. The van der Waals surface area contributed by atoms with Crippen molar-refractivity contribution in [1.29, 1.82) is 0 Å². The van der Waals surface area contributed by atoms with Gasteiger partial charge in [-0.2, -0.15) is 15.3 Å². The van der Waals surface area contributed by atoms with Crippen LogP contribution in [0.15, 0.2) is 61.2 Å². The highest BCUT2D eigenvalue weighted by Crippen LogP contribution is 2.20. The van der Waals surface area contributed by atoms with Gasteiger partial charge in [0.1, 0.15) is 5.69 Å². The first-order chi connectivity index (χ1) is 12.7. The molecule has 1 aromatic carbocycles. The van der Waals surface area contributed by atoms with E-state index in [0.717, 1.165) is 35.7 Å². The van der Waals surface area contributed by atoms with Crippen molar-refractivity contribution >= 4 is 0 Å². The van der Waals surface area contributed by atoms with E-state index in [0.29, 0.717) is 0 Å². The van der Waals surface area contributed by atoms with Crippen molar-refractivity contribution in [1.82, 2.24) is 34.7 Å². The molecule has 0 spiro atoms. The summed E-state index contributed by atoms with van der Waals surface area (Å²) in [6, 6.07) is 12.1. The zero-order chi connectivity index (χ0) is 17.9. The average Bonchev–Trinajstić information content (AvgIpc) is 3.37. The van der Waals surface area contributed by atoms with Crippen molar-refractivity contribution in [3.63, 3.8) is 0 Å². The number of hydrogen-bond donors (Lipinski definition) is 1. The Kier molecular flexibility index (Phi) is 4.37. The monoisotopic (exact) mass is 347 g/mol. The van der Waals surface area contributed by atoms with E-state index < -0.39 is 0 Å². The van der Waals surface area contributed by atoms with E-state index in [-0.39, 0.29) is 0 Å². The molecule has 0 amide bonds. The normalized spacial score (nSPS) is 11.3. The molecule has 0 unspecified atom stereocenters. The summed E-state index contributed by atoms with van der Waals surface area (Å²) in [6.45, 7) is 1.58. The van der Waals surface area contributed by atoms with Gasteiger partial charge in [0.15, 0.2) is 0 Å². The second-order valence-corrected chi connectivity index (χ2v) is 6.45. The van der Waals surface area contributed by atoms with Crippen LogP contribution < -0.4 is 0 Å². The number of rotatable bonds is 6. The summed E-state index contributed by atoms with van der Waals surface area (Å²) < 4.78 is 3.70. The second-order valence-electron chi connectivity index (χ2n) is 6.45. The van der Waals surface area contributed by atoms with Crippen molar-refractivity contribution in [3.05, 3.63) is 72.3 Å². The molecule has 0 radical (unpaired) electrons. The van der Waals surface area contributed by atoms with Gasteiger partial charge >= 0.3 is 0 Å². The third kappa shape index (κ3) is 3.43. The van der Waals surface area contributed by atoms with Crippen molar-refractivity contribution in [2.45, 2.75) is 13.1 Å². The van der Waals surface area contributed by atoms with E-state index in [9.17, 15) is 0 Å². The molecule has 4 rings (SSSR count). The third-order valence-electron chi connectivity index (χ3n) is 4.24. The van der Waals surface area contributed by atoms with Gasteiger partial charge in [-0.1, -0.05) is 18.2 Å². The van der Waals surface area contributed by atoms with Gasteiger partial charge in [-0.25, -0.2) is 4.68 Å². The predicted molar refractivity (Wildman–Crippen MR) is 99.5 cm³/mol. The molecular weight excluding hydrogens is 326 g/mol. The Morgan fingerprint density at radius 3 is 2.69 bits per heavy atom. The lowest BCUT2D eigenvalue weighted by Crippen LogP contribution is -2.17. The maximum Gasteiger partial charge on any atom is 0.110 e. The highest BCUT2D eigenvalue weighted by Gasteiger charge is 2.13. The lowest BCUT2D eigenvalue weighted by atomic mass is 10.2. The number of hydrogen-bond acceptors (Lipinski definition) is 4. The molecule has 0 fully saturated rings. The van der Waals surface area contributed by atoms with Gasteiger partial charge in [0.05, 0.1) is 23.8 Å². The number of nitrogens with one attached hydrogen (secondary N) is 1. The molecule has 0 saturated heterocycles. The molecule has 0 bridgehead atoms. The molecule has 0 aliphatic rings. The van der Waals surface area contributed by atoms with Gasteiger partial charge < -0.3 is 0 Å². The fraction of sp³-hybridized carbons (Fsp3) is 0.211. The van der Waals surface area contributed by atoms with Crippen LogP contribution in [0.2, 0.25) is 0 Å². The largest absolute Gasteiger partial charge is 0.298 e. The van der Waals surface area contributed by atoms with E-state index >= 15 is 0 Å². The number of benzene rings is 1. The molecule has 7 nitrogen and oxygen atoms in total. The fourth-order valence-electron chi connectivity index (χ4n) is 3.02. The molecule has 26 heavy (non-hydrogen) atoms. The van der Waals surface area contributed by atoms with Crippen LogP contribution in [0.25, 0.3) is 17.1 Å². The second kappa shape index (κ2) is 6.97. The summed E-state index contributed by atoms with van der Waals surface area (Å²) in [5.41, 5.74) is 5.23. The number of nitrogens with zero attached hydrogens (tertiary/aromatic N) is 6. The van der Waals surface area contributed by atoms with Crippen molar-refractivity contribution < 1.29 is 0 Å². The van der Waals surface area contributed by atoms with E-state index in [4.69, 9.17) is 0 Å². The Morgan fingerprint density at radius 2 is 1.92 bits per heavy atom. The van der Waals surface area contributed by atoms with Crippen LogP contribution in [0, 0.1) is 0 Å². The van der Waals surface area contributed by atoms with Crippen LogP contribution in [-0.4, -0.2) is 41.7 Å². The van der Waals surface area contributed by atoms with Gasteiger partial charge in [-0.05, 0) is 25.2 Å². The molecular formula is C19H21N7. The smallest absolute Gasteiger partial charge is 0.110 e. The Bertz CT molecular complexity index is 980. The third-order valence-corrected chi connectivity index (χ3v) is 4.24. The molecule has 3 heterocycles. The van der Waals surface area contributed by atoms with Crippen LogP contribution in [0.4, 0.5) is 0 Å². The Labute approximate surface area is 151 Å². The van der Waals surface area contributed by atoms with Crippen molar-refractivity contribution in [2.75, 3.05) is 7.05 Å². The van der Waals surface area contributed by atoms with Crippen LogP contribution in [0.1, 0.15) is 11.1 Å². The molecule has 1 N–H and O–H groups in total. The highest BCUT2D eigenvalue weighted by atomic mass is 15.3. The summed E-state index contributed by atoms with van der Waals surface area (Å²) in [7, 11) is 4.01. The first-order valence-corrected chi connectivity index (χ1v) is 8.49. The fourth-order valence-corrected chi connectivity index (χ4v) is 3.02. The molecule has 132 valence electrons. The molecule has 4 aromatic rings. The number of H-pyrrole nitrogens is 1. The van der Waals surface area contributed by atoms with E-state index in [1.54, 1.807) is 4.68 Å². The summed E-state index contributed by atoms with van der Waals surface area (Å²) in [4.78, 5) is 2.24. The Balaban J connectivity index is 1.45. The van der Waals surface area contributed by atoms with Crippen LogP contribution in [-0.2, 0) is 20.1 Å². The maximum atomic E-state index is 4.46. The first-order valence-electron chi connectivity index (χ1n) is 8.49. The van der Waals surface area contributed by atoms with E-state index in [2.05, 4.69) is 38.5 Å². The standard InChI is InChI=1S/C19H21N7/c1-24(12-15-10-21-26(13-15)17-6-4-3-5-7-17)14-16-11-20-22-19(16)18-8-9-25(2)23-18/h3-11,13H,12,14H2,1-2H3,(H,20,22). The van der Waals surface area contributed by atoms with Gasteiger partial charge in [0.25, 0.3) is 0 Å². The molecule has 0 saturated carbocycles. The zero-order valence-electron chi connectivity index (χ0n) is 14.9. The topological polar surface area (TPSA) is 67.6 Å². The number of aromatic amines is 1. The van der Waals surface area contributed by atoms with Gasteiger partial charge in [0.2, 0.25) is 0 Å². The van der Waals surface area contributed by atoms with Crippen molar-refractivity contribution in [3.8, 4) is 17.1 Å². The number of para-hydroxylation sites is 1.